The largest absolute Gasteiger partial charge is 0.480 e. The second-order valence-corrected chi connectivity index (χ2v) is 7.29. The van der Waals surface area contributed by atoms with Gasteiger partial charge in [-0.1, -0.05) is 13.8 Å². The van der Waals surface area contributed by atoms with Crippen molar-refractivity contribution in [3.63, 3.8) is 0 Å². The van der Waals surface area contributed by atoms with Gasteiger partial charge in [0.15, 0.2) is 0 Å². The summed E-state index contributed by atoms with van der Waals surface area (Å²) in [6.45, 7) is 10.3. The van der Waals surface area contributed by atoms with E-state index in [1.165, 1.54) is 0 Å². The third-order valence-corrected chi connectivity index (χ3v) is 3.21. The number of amides is 1. The molecule has 1 fully saturated rings. The van der Waals surface area contributed by atoms with Gasteiger partial charge < -0.3 is 19.9 Å². The van der Waals surface area contributed by atoms with Crippen LogP contribution in [0.4, 0.5) is 4.79 Å². The number of carbonyl (C=O) groups excluding carboxylic acids is 1. The topological polar surface area (TPSA) is 96.9 Å². The molecule has 0 saturated carbocycles. The highest BCUT2D eigenvalue weighted by Crippen LogP contribution is 2.19. The first-order valence-electron chi connectivity index (χ1n) is 7.58. The molecule has 128 valence electrons. The van der Waals surface area contributed by atoms with Gasteiger partial charge in [-0.15, -0.1) is 0 Å². The fourth-order valence-corrected chi connectivity index (χ4v) is 2.20. The molecule has 7 nitrogen and oxygen atoms in total. The molecule has 1 atom stereocenters. The average Bonchev–Trinajstić information content (AvgIpc) is 2.27. The Balaban J connectivity index is 2.57. The summed E-state index contributed by atoms with van der Waals surface area (Å²) in [5, 5.41) is 15.1. The molecule has 1 unspecified atom stereocenters. The molecule has 1 amide bonds. The van der Waals surface area contributed by atoms with Gasteiger partial charge in [0, 0.05) is 6.54 Å². The Labute approximate surface area is 131 Å². The van der Waals surface area contributed by atoms with Crippen molar-refractivity contribution in [1.82, 2.24) is 10.6 Å². The Morgan fingerprint density at radius 3 is 2.27 bits per heavy atom. The second-order valence-electron chi connectivity index (χ2n) is 7.29. The van der Waals surface area contributed by atoms with E-state index in [1.807, 2.05) is 13.8 Å². The third-order valence-electron chi connectivity index (χ3n) is 3.21. The van der Waals surface area contributed by atoms with Crippen LogP contribution < -0.4 is 10.6 Å². The summed E-state index contributed by atoms with van der Waals surface area (Å²) < 4.78 is 10.4. The Bertz CT molecular complexity index is 399. The fraction of sp³-hybridized carbons (Fsp3) is 0.867. The van der Waals surface area contributed by atoms with Gasteiger partial charge in [0.1, 0.15) is 11.6 Å². The summed E-state index contributed by atoms with van der Waals surface area (Å²) in [4.78, 5) is 23.1. The highest BCUT2D eigenvalue weighted by molar-refractivity contribution is 5.73. The van der Waals surface area contributed by atoms with E-state index in [4.69, 9.17) is 9.47 Å². The summed E-state index contributed by atoms with van der Waals surface area (Å²) in [6.07, 6.45) is 0.0000759. The highest BCUT2D eigenvalue weighted by Gasteiger charge is 2.42. The SMILES string of the molecule is CC(C)CC(NC1(CNC(=O)OC(C)(C)C)COC1)C(=O)O. The first-order valence-corrected chi connectivity index (χ1v) is 7.58. The molecule has 0 aliphatic carbocycles. The molecular formula is C15H28N2O5. The smallest absolute Gasteiger partial charge is 0.407 e. The van der Waals surface area contributed by atoms with Crippen molar-refractivity contribution in [3.8, 4) is 0 Å². The Kier molecular flexibility index (Phi) is 6.19. The van der Waals surface area contributed by atoms with Crippen molar-refractivity contribution >= 4 is 12.1 Å². The van der Waals surface area contributed by atoms with E-state index >= 15 is 0 Å². The molecule has 0 aromatic rings. The molecular weight excluding hydrogens is 288 g/mol. The molecule has 3 N–H and O–H groups in total. The van der Waals surface area contributed by atoms with Crippen LogP contribution >= 0.6 is 0 Å². The van der Waals surface area contributed by atoms with Gasteiger partial charge >= 0.3 is 12.1 Å². The van der Waals surface area contributed by atoms with Gasteiger partial charge in [0.25, 0.3) is 0 Å². The summed E-state index contributed by atoms with van der Waals surface area (Å²) >= 11 is 0. The zero-order valence-electron chi connectivity index (χ0n) is 14.1. The van der Waals surface area contributed by atoms with Crippen LogP contribution in [0.15, 0.2) is 0 Å². The van der Waals surface area contributed by atoms with E-state index in [9.17, 15) is 14.7 Å². The third kappa shape index (κ3) is 6.19. The van der Waals surface area contributed by atoms with Crippen molar-refractivity contribution in [2.45, 2.75) is 58.2 Å². The van der Waals surface area contributed by atoms with E-state index in [0.29, 0.717) is 19.6 Å². The molecule has 1 heterocycles. The predicted octanol–water partition coefficient (Wildman–Crippen LogP) is 1.37. The van der Waals surface area contributed by atoms with E-state index in [2.05, 4.69) is 10.6 Å². The van der Waals surface area contributed by atoms with Crippen molar-refractivity contribution < 1.29 is 24.2 Å². The van der Waals surface area contributed by atoms with Crippen LogP contribution in [0.1, 0.15) is 41.0 Å². The Hall–Kier alpha value is -1.34. The lowest BCUT2D eigenvalue weighted by Crippen LogP contribution is -2.69. The quantitative estimate of drug-likeness (QED) is 0.656. The molecule has 0 bridgehead atoms. The summed E-state index contributed by atoms with van der Waals surface area (Å²) in [6, 6.07) is -0.663. The van der Waals surface area contributed by atoms with Gasteiger partial charge in [-0.25, -0.2) is 4.79 Å². The maximum Gasteiger partial charge on any atom is 0.407 e. The number of ether oxygens (including phenoxy) is 2. The van der Waals surface area contributed by atoms with Gasteiger partial charge in [0.2, 0.25) is 0 Å². The first-order chi connectivity index (χ1) is 10.0. The molecule has 1 aliphatic heterocycles. The van der Waals surface area contributed by atoms with Crippen LogP contribution in [0.25, 0.3) is 0 Å². The maximum atomic E-state index is 11.7. The number of hydrogen-bond donors (Lipinski definition) is 3. The van der Waals surface area contributed by atoms with Crippen molar-refractivity contribution in [3.05, 3.63) is 0 Å². The number of carboxylic acids is 1. The van der Waals surface area contributed by atoms with E-state index in [1.54, 1.807) is 20.8 Å². The van der Waals surface area contributed by atoms with Crippen LogP contribution in [0.5, 0.6) is 0 Å². The maximum absolute atomic E-state index is 11.7. The number of rotatable bonds is 7. The van der Waals surface area contributed by atoms with Gasteiger partial charge in [-0.3, -0.25) is 10.1 Å². The van der Waals surface area contributed by atoms with E-state index in [0.717, 1.165) is 0 Å². The number of carbonyl (C=O) groups is 2. The van der Waals surface area contributed by atoms with Crippen LogP contribution in [-0.2, 0) is 14.3 Å². The molecule has 7 heteroatoms. The lowest BCUT2D eigenvalue weighted by atomic mass is 9.93. The number of nitrogens with one attached hydrogen (secondary N) is 2. The zero-order chi connectivity index (χ0) is 17.0. The molecule has 22 heavy (non-hydrogen) atoms. The Morgan fingerprint density at radius 2 is 1.91 bits per heavy atom. The zero-order valence-corrected chi connectivity index (χ0v) is 14.1. The van der Waals surface area contributed by atoms with E-state index < -0.39 is 29.2 Å². The molecule has 0 spiro atoms. The lowest BCUT2D eigenvalue weighted by Gasteiger charge is -2.44. The van der Waals surface area contributed by atoms with E-state index in [-0.39, 0.29) is 12.5 Å². The van der Waals surface area contributed by atoms with Gasteiger partial charge in [0.05, 0.1) is 18.8 Å². The molecule has 0 aromatic heterocycles. The summed E-state index contributed by atoms with van der Waals surface area (Å²) in [5.41, 5.74) is -1.11. The predicted molar refractivity (Wildman–Crippen MR) is 81.8 cm³/mol. The minimum absolute atomic E-state index is 0.255. The minimum atomic E-state index is -0.891. The molecule has 1 rings (SSSR count). The molecule has 0 radical (unpaired) electrons. The van der Waals surface area contributed by atoms with Crippen LogP contribution in [-0.4, -0.2) is 54.1 Å². The van der Waals surface area contributed by atoms with Crippen LogP contribution in [0.3, 0.4) is 0 Å². The first kappa shape index (κ1) is 18.7. The summed E-state index contributed by atoms with van der Waals surface area (Å²) in [7, 11) is 0. The van der Waals surface area contributed by atoms with Crippen molar-refractivity contribution in [1.29, 1.82) is 0 Å². The average molecular weight is 316 g/mol. The van der Waals surface area contributed by atoms with Gasteiger partial charge in [-0.05, 0) is 33.1 Å². The fourth-order valence-electron chi connectivity index (χ4n) is 2.20. The molecule has 1 aliphatic rings. The van der Waals surface area contributed by atoms with Crippen LogP contribution in [0.2, 0.25) is 0 Å². The van der Waals surface area contributed by atoms with Crippen LogP contribution in [0, 0.1) is 5.92 Å². The molecule has 0 aromatic carbocycles. The van der Waals surface area contributed by atoms with Crippen molar-refractivity contribution in [2.75, 3.05) is 19.8 Å². The standard InChI is InChI=1S/C15H28N2O5/c1-10(2)6-11(12(18)19)17-15(8-21-9-15)7-16-13(20)22-14(3,4)5/h10-11,17H,6-9H2,1-5H3,(H,16,20)(H,18,19). The van der Waals surface area contributed by atoms with Crippen molar-refractivity contribution in [2.24, 2.45) is 5.92 Å². The number of alkyl carbamates (subject to hydrolysis) is 1. The Morgan fingerprint density at radius 1 is 1.32 bits per heavy atom. The second kappa shape index (κ2) is 7.28. The van der Waals surface area contributed by atoms with Gasteiger partial charge in [-0.2, -0.15) is 0 Å². The monoisotopic (exact) mass is 316 g/mol. The number of aliphatic carboxylic acids is 1. The minimum Gasteiger partial charge on any atom is -0.480 e. The highest BCUT2D eigenvalue weighted by atomic mass is 16.6. The number of carboxylic acid groups (broad SMARTS) is 1. The number of hydrogen-bond acceptors (Lipinski definition) is 5. The normalized spacial score (nSPS) is 18.5. The summed E-state index contributed by atoms with van der Waals surface area (Å²) in [5.74, 6) is -0.636. The lowest BCUT2D eigenvalue weighted by molar-refractivity contribution is -0.143. The molecule has 1 saturated heterocycles.